The van der Waals surface area contributed by atoms with Gasteiger partial charge in [-0.2, -0.15) is 4.68 Å². The molecule has 0 fully saturated rings. The number of hydrogen-bond donors (Lipinski definition) is 1. The smallest absolute Gasteiger partial charge is 0.373 e. The van der Waals surface area contributed by atoms with Crippen LogP contribution in [-0.2, 0) is 13.2 Å². The predicted molar refractivity (Wildman–Crippen MR) is 95.8 cm³/mol. The fourth-order valence-corrected chi connectivity index (χ4v) is 2.74. The molecule has 0 amide bonds. The number of para-hydroxylation sites is 1. The highest BCUT2D eigenvalue weighted by Gasteiger charge is 2.15. The van der Waals surface area contributed by atoms with Gasteiger partial charge in [0.2, 0.25) is 0 Å². The Morgan fingerprint density at radius 1 is 1.04 bits per heavy atom. The second-order valence-electron chi connectivity index (χ2n) is 5.98. The maximum Gasteiger partial charge on any atom is 0.373 e. The average Bonchev–Trinajstić information content (AvgIpc) is 3.03. The van der Waals surface area contributed by atoms with Gasteiger partial charge in [0.05, 0.1) is 27.0 Å². The number of nitrogens with one attached hydrogen (secondary N) is 1. The summed E-state index contributed by atoms with van der Waals surface area (Å²) in [7, 11) is 5.23. The first-order valence-corrected chi connectivity index (χ1v) is 8.23. The van der Waals surface area contributed by atoms with E-state index < -0.39 is 0 Å². The van der Waals surface area contributed by atoms with E-state index in [0.29, 0.717) is 18.9 Å². The fraction of sp³-hybridized carbons (Fsp3) is 0.278. The van der Waals surface area contributed by atoms with Gasteiger partial charge in [0.15, 0.2) is 6.67 Å². The highest BCUT2D eigenvalue weighted by atomic mass is 16.5. The number of tetrazole rings is 1. The molecule has 3 aromatic rings. The third kappa shape index (κ3) is 3.75. The number of hydrogen-bond acceptors (Lipinski definition) is 5. The number of ether oxygens (including phenoxy) is 2. The van der Waals surface area contributed by atoms with Gasteiger partial charge in [-0.3, -0.25) is 0 Å². The van der Waals surface area contributed by atoms with Gasteiger partial charge in [-0.05, 0) is 34.7 Å². The molecule has 0 spiro atoms. The van der Waals surface area contributed by atoms with E-state index in [4.69, 9.17) is 9.47 Å². The predicted octanol–water partition coefficient (Wildman–Crippen LogP) is 0.119. The number of benzene rings is 2. The minimum Gasteiger partial charge on any atom is -0.497 e. The number of aromatic nitrogens is 4. The lowest BCUT2D eigenvalue weighted by Crippen LogP contribution is -3.07. The lowest BCUT2D eigenvalue weighted by molar-refractivity contribution is -0.917. The van der Waals surface area contributed by atoms with Crippen LogP contribution < -0.4 is 20.1 Å². The van der Waals surface area contributed by atoms with Crippen LogP contribution in [0.25, 0.3) is 5.69 Å². The molecular weight excluding hydrogens is 334 g/mol. The first-order chi connectivity index (χ1) is 12.6. The number of methoxy groups -OCH3 is 2. The van der Waals surface area contributed by atoms with Crippen LogP contribution in [0.1, 0.15) is 5.56 Å². The number of quaternary nitrogens is 1. The second kappa shape index (κ2) is 7.83. The molecule has 1 N–H and O–H groups in total. The third-order valence-electron chi connectivity index (χ3n) is 4.05. The lowest BCUT2D eigenvalue weighted by Gasteiger charge is -2.15. The maximum atomic E-state index is 12.5. The molecule has 0 bridgehead atoms. The first-order valence-electron chi connectivity index (χ1n) is 8.23. The van der Waals surface area contributed by atoms with E-state index in [-0.39, 0.29) is 5.69 Å². The summed E-state index contributed by atoms with van der Waals surface area (Å²) in [5.74, 6) is 1.49. The molecule has 0 saturated heterocycles. The Balaban J connectivity index is 1.74. The van der Waals surface area contributed by atoms with Crippen LogP contribution in [0.5, 0.6) is 11.5 Å². The van der Waals surface area contributed by atoms with Crippen LogP contribution >= 0.6 is 0 Å². The van der Waals surface area contributed by atoms with Crippen molar-refractivity contribution in [2.45, 2.75) is 13.2 Å². The summed E-state index contributed by atoms with van der Waals surface area (Å²) in [4.78, 5) is 13.6. The zero-order valence-electron chi connectivity index (χ0n) is 15.0. The van der Waals surface area contributed by atoms with Crippen LogP contribution in [-0.4, -0.2) is 41.1 Å². The van der Waals surface area contributed by atoms with Crippen molar-refractivity contribution in [3.63, 3.8) is 0 Å². The van der Waals surface area contributed by atoms with Gasteiger partial charge >= 0.3 is 5.69 Å². The molecule has 0 aliphatic heterocycles. The van der Waals surface area contributed by atoms with Crippen LogP contribution in [0.4, 0.5) is 0 Å². The van der Waals surface area contributed by atoms with E-state index in [0.717, 1.165) is 22.0 Å². The van der Waals surface area contributed by atoms with Crippen molar-refractivity contribution >= 4 is 0 Å². The first kappa shape index (κ1) is 17.7. The van der Waals surface area contributed by atoms with Gasteiger partial charge in [0, 0.05) is 11.6 Å². The highest BCUT2D eigenvalue weighted by Crippen LogP contribution is 2.23. The van der Waals surface area contributed by atoms with Crippen molar-refractivity contribution < 1.29 is 14.4 Å². The van der Waals surface area contributed by atoms with E-state index in [2.05, 4.69) is 10.4 Å². The molecule has 1 unspecified atom stereocenters. The van der Waals surface area contributed by atoms with Crippen LogP contribution in [0.15, 0.2) is 53.3 Å². The Morgan fingerprint density at radius 2 is 1.81 bits per heavy atom. The van der Waals surface area contributed by atoms with Crippen LogP contribution in [0, 0.1) is 0 Å². The molecule has 136 valence electrons. The third-order valence-corrected chi connectivity index (χ3v) is 4.05. The topological polar surface area (TPSA) is 75.6 Å². The summed E-state index contributed by atoms with van der Waals surface area (Å²) in [6.45, 7) is 1.05. The summed E-state index contributed by atoms with van der Waals surface area (Å²) < 4.78 is 13.3. The molecule has 0 aliphatic carbocycles. The standard InChI is InChI=1S/C18H21N5O3/c1-21(12-14-9-10-16(25-2)11-17(14)26-3)13-22-18(24)23(20-19-22)15-7-5-4-6-8-15/h4-11H,12-13H2,1-3H3/p+1. The van der Waals surface area contributed by atoms with Crippen LogP contribution in [0.3, 0.4) is 0 Å². The van der Waals surface area contributed by atoms with Gasteiger partial charge in [-0.1, -0.05) is 18.2 Å². The molecule has 0 aliphatic rings. The maximum absolute atomic E-state index is 12.5. The van der Waals surface area contributed by atoms with E-state index in [1.165, 1.54) is 9.36 Å². The molecule has 0 saturated carbocycles. The zero-order chi connectivity index (χ0) is 18.5. The van der Waals surface area contributed by atoms with Crippen molar-refractivity contribution in [3.05, 3.63) is 64.6 Å². The van der Waals surface area contributed by atoms with E-state index >= 15 is 0 Å². The molecule has 2 aromatic carbocycles. The van der Waals surface area contributed by atoms with Gasteiger partial charge in [-0.15, -0.1) is 4.68 Å². The zero-order valence-corrected chi connectivity index (χ0v) is 15.0. The lowest BCUT2D eigenvalue weighted by atomic mass is 10.2. The summed E-state index contributed by atoms with van der Waals surface area (Å²) in [6.07, 6.45) is 0. The molecule has 26 heavy (non-hydrogen) atoms. The SMILES string of the molecule is COc1ccc(C[NH+](C)Cn2nnn(-c3ccccc3)c2=O)c(OC)c1. The Morgan fingerprint density at radius 3 is 2.50 bits per heavy atom. The van der Waals surface area contributed by atoms with Gasteiger partial charge in [-0.25, -0.2) is 4.79 Å². The minimum absolute atomic E-state index is 0.266. The minimum atomic E-state index is -0.266. The summed E-state index contributed by atoms with van der Waals surface area (Å²) >= 11 is 0. The van der Waals surface area contributed by atoms with Crippen molar-refractivity contribution in [1.82, 2.24) is 19.8 Å². The largest absolute Gasteiger partial charge is 0.497 e. The molecule has 1 heterocycles. The van der Waals surface area contributed by atoms with E-state index in [9.17, 15) is 4.79 Å². The normalized spacial score (nSPS) is 12.0. The molecule has 1 atom stereocenters. The molecule has 8 heteroatoms. The van der Waals surface area contributed by atoms with Crippen molar-refractivity contribution in [1.29, 1.82) is 0 Å². The summed E-state index contributed by atoms with van der Waals surface area (Å²) in [5, 5.41) is 7.95. The van der Waals surface area contributed by atoms with E-state index in [1.807, 2.05) is 55.6 Å². The fourth-order valence-electron chi connectivity index (χ4n) is 2.74. The van der Waals surface area contributed by atoms with E-state index in [1.54, 1.807) is 14.2 Å². The molecule has 8 nitrogen and oxygen atoms in total. The summed E-state index contributed by atoms with van der Waals surface area (Å²) in [6, 6.07) is 14.9. The van der Waals surface area contributed by atoms with Gasteiger partial charge in [0.25, 0.3) is 0 Å². The van der Waals surface area contributed by atoms with Crippen molar-refractivity contribution in [3.8, 4) is 17.2 Å². The Kier molecular flexibility index (Phi) is 5.33. The quantitative estimate of drug-likeness (QED) is 0.651. The van der Waals surface area contributed by atoms with Gasteiger partial charge < -0.3 is 14.4 Å². The Labute approximate surface area is 151 Å². The monoisotopic (exact) mass is 356 g/mol. The number of nitrogens with zero attached hydrogens (tertiary/aromatic N) is 4. The van der Waals surface area contributed by atoms with Crippen LogP contribution in [0.2, 0.25) is 0 Å². The average molecular weight is 356 g/mol. The van der Waals surface area contributed by atoms with Crippen molar-refractivity contribution in [2.24, 2.45) is 0 Å². The van der Waals surface area contributed by atoms with Gasteiger partial charge in [0.1, 0.15) is 18.0 Å². The summed E-state index contributed by atoms with van der Waals surface area (Å²) in [5.41, 5.74) is 1.45. The molecule has 3 rings (SSSR count). The molecular formula is C18H22N5O3+. The molecule has 1 aromatic heterocycles. The molecule has 0 radical (unpaired) electrons. The Bertz CT molecular complexity index is 920. The highest BCUT2D eigenvalue weighted by molar-refractivity contribution is 5.40. The second-order valence-corrected chi connectivity index (χ2v) is 5.98. The van der Waals surface area contributed by atoms with Crippen molar-refractivity contribution in [2.75, 3.05) is 21.3 Å². The Hall–Kier alpha value is -3.13. The number of rotatable bonds is 7.